The zero-order valence-electron chi connectivity index (χ0n) is 13.6. The van der Waals surface area contributed by atoms with Gasteiger partial charge in [0.25, 0.3) is 0 Å². The molecule has 1 aromatic heterocycles. The number of hydrogen-bond donors (Lipinski definition) is 2. The van der Waals surface area contributed by atoms with Crippen molar-refractivity contribution in [3.63, 3.8) is 0 Å². The number of benzene rings is 1. The molecule has 0 radical (unpaired) electrons. The fourth-order valence-corrected chi connectivity index (χ4v) is 2.74. The first-order valence-electron chi connectivity index (χ1n) is 7.91. The van der Waals surface area contributed by atoms with Crippen LogP contribution in [0.3, 0.4) is 0 Å². The number of nitrogens with one attached hydrogen (secondary N) is 2. The van der Waals surface area contributed by atoms with Crippen molar-refractivity contribution < 1.29 is 18.4 Å². The summed E-state index contributed by atoms with van der Waals surface area (Å²) in [5.41, 5.74) is 0.693. The number of carbonyl (C=O) groups is 2. The summed E-state index contributed by atoms with van der Waals surface area (Å²) in [6, 6.07) is 5.94. The first-order valence-corrected chi connectivity index (χ1v) is 7.91. The molecule has 2 heterocycles. The zero-order chi connectivity index (χ0) is 18.0. The van der Waals surface area contributed by atoms with Crippen LogP contribution in [0.4, 0.5) is 8.78 Å². The highest BCUT2D eigenvalue weighted by molar-refractivity contribution is 5.93. The number of halogens is 2. The van der Waals surface area contributed by atoms with E-state index in [0.29, 0.717) is 5.56 Å². The van der Waals surface area contributed by atoms with E-state index in [2.05, 4.69) is 15.6 Å². The van der Waals surface area contributed by atoms with Crippen LogP contribution in [-0.2, 0) is 9.59 Å². The van der Waals surface area contributed by atoms with Crippen LogP contribution in [0, 0.1) is 11.6 Å². The van der Waals surface area contributed by atoms with Gasteiger partial charge in [0.05, 0.1) is 29.9 Å². The van der Waals surface area contributed by atoms with Gasteiger partial charge in [-0.1, -0.05) is 12.1 Å². The quantitative estimate of drug-likeness (QED) is 0.891. The molecule has 1 saturated heterocycles. The Hall–Kier alpha value is -2.67. The maximum Gasteiger partial charge on any atom is 0.238 e. The van der Waals surface area contributed by atoms with Crippen molar-refractivity contribution in [1.29, 1.82) is 0 Å². The van der Waals surface area contributed by atoms with Gasteiger partial charge in [0.15, 0.2) is 0 Å². The van der Waals surface area contributed by atoms with Crippen LogP contribution in [0.25, 0.3) is 11.3 Å². The average molecular weight is 345 g/mol. The van der Waals surface area contributed by atoms with E-state index >= 15 is 0 Å². The van der Waals surface area contributed by atoms with Crippen molar-refractivity contribution in [2.45, 2.75) is 25.4 Å². The number of aromatic nitrogens is 1. The number of pyridine rings is 1. The van der Waals surface area contributed by atoms with Gasteiger partial charge in [0.1, 0.15) is 17.4 Å². The van der Waals surface area contributed by atoms with Gasteiger partial charge in [0, 0.05) is 12.6 Å². The summed E-state index contributed by atoms with van der Waals surface area (Å²) < 4.78 is 27.6. The van der Waals surface area contributed by atoms with Gasteiger partial charge in [0.2, 0.25) is 5.91 Å². The normalized spacial score (nSPS) is 18.2. The lowest BCUT2D eigenvalue weighted by atomic mass is 10.1. The molecule has 7 heteroatoms. The highest BCUT2D eigenvalue weighted by atomic mass is 19.1. The van der Waals surface area contributed by atoms with E-state index in [9.17, 15) is 18.4 Å². The number of amides is 1. The predicted molar refractivity (Wildman–Crippen MR) is 87.6 cm³/mol. The molecule has 2 atom stereocenters. The van der Waals surface area contributed by atoms with Crippen molar-refractivity contribution >= 4 is 11.7 Å². The number of rotatable bonds is 4. The molecule has 2 N–H and O–H groups in total. The van der Waals surface area contributed by atoms with Gasteiger partial charge in [-0.2, -0.15) is 0 Å². The molecule has 1 aliphatic rings. The molecule has 5 nitrogen and oxygen atoms in total. The second-order valence-electron chi connectivity index (χ2n) is 5.98. The summed E-state index contributed by atoms with van der Waals surface area (Å²) in [5.74, 6) is -1.62. The molecule has 130 valence electrons. The molecule has 1 aromatic carbocycles. The Bertz CT molecular complexity index is 788. The molecular formula is C18H17F2N3O2. The summed E-state index contributed by atoms with van der Waals surface area (Å²) in [4.78, 5) is 27.4. The van der Waals surface area contributed by atoms with E-state index in [1.807, 2.05) is 0 Å². The lowest BCUT2D eigenvalue weighted by molar-refractivity contribution is -0.124. The van der Waals surface area contributed by atoms with Crippen LogP contribution < -0.4 is 10.6 Å². The third-order valence-corrected chi connectivity index (χ3v) is 4.16. The molecule has 0 unspecified atom stereocenters. The van der Waals surface area contributed by atoms with Gasteiger partial charge in [-0.25, -0.2) is 8.78 Å². The molecule has 2 aromatic rings. The molecule has 1 amide bonds. The van der Waals surface area contributed by atoms with Crippen LogP contribution >= 0.6 is 0 Å². The fourth-order valence-electron chi connectivity index (χ4n) is 2.74. The predicted octanol–water partition coefficient (Wildman–Crippen LogP) is 2.13. The van der Waals surface area contributed by atoms with Crippen molar-refractivity contribution in [3.05, 3.63) is 53.7 Å². The summed E-state index contributed by atoms with van der Waals surface area (Å²) in [6.45, 7) is 1.98. The summed E-state index contributed by atoms with van der Waals surface area (Å²) >= 11 is 0. The van der Waals surface area contributed by atoms with E-state index in [1.165, 1.54) is 30.5 Å². The van der Waals surface area contributed by atoms with Crippen molar-refractivity contribution in [3.8, 4) is 11.3 Å². The third kappa shape index (κ3) is 3.71. The Morgan fingerprint density at radius 1 is 1.28 bits per heavy atom. The lowest BCUT2D eigenvalue weighted by Crippen LogP contribution is -2.41. The SMILES string of the molecule is C[C@H](NC(=O)[C@@H]1CC(=O)CN1)c1ccc(-c2c(F)cccc2F)nc1. The van der Waals surface area contributed by atoms with Gasteiger partial charge in [-0.3, -0.25) is 19.9 Å². The molecule has 3 rings (SSSR count). The van der Waals surface area contributed by atoms with Crippen LogP contribution in [0.2, 0.25) is 0 Å². The van der Waals surface area contributed by atoms with Crippen LogP contribution in [0.15, 0.2) is 36.5 Å². The zero-order valence-corrected chi connectivity index (χ0v) is 13.6. The van der Waals surface area contributed by atoms with Crippen molar-refractivity contribution in [1.82, 2.24) is 15.6 Å². The third-order valence-electron chi connectivity index (χ3n) is 4.16. The average Bonchev–Trinajstić information content (AvgIpc) is 3.02. The number of Topliss-reactive ketones (excluding diaryl/α,β-unsaturated/α-hetero) is 1. The standard InChI is InChI=1S/C18H17F2N3O2/c1-10(23-18(25)16-7-12(24)9-22-16)11-5-6-15(21-8-11)17-13(19)3-2-4-14(17)20/h2-6,8,10,16,22H,7,9H2,1H3,(H,23,25)/t10-,16-/m0/s1. The van der Waals surface area contributed by atoms with Gasteiger partial charge in [-0.05, 0) is 30.7 Å². The maximum atomic E-state index is 13.8. The molecule has 1 fully saturated rings. The monoisotopic (exact) mass is 345 g/mol. The Morgan fingerprint density at radius 3 is 2.56 bits per heavy atom. The minimum Gasteiger partial charge on any atom is -0.348 e. The largest absolute Gasteiger partial charge is 0.348 e. The topological polar surface area (TPSA) is 71.1 Å². The van der Waals surface area contributed by atoms with E-state index in [-0.39, 0.29) is 42.0 Å². The molecule has 0 aliphatic carbocycles. The molecule has 1 aliphatic heterocycles. The Labute approximate surface area is 143 Å². The minimum atomic E-state index is -0.682. The first kappa shape index (κ1) is 17.2. The fraction of sp³-hybridized carbons (Fsp3) is 0.278. The number of nitrogens with zero attached hydrogens (tertiary/aromatic N) is 1. The second-order valence-corrected chi connectivity index (χ2v) is 5.98. The van der Waals surface area contributed by atoms with Crippen molar-refractivity contribution in [2.75, 3.05) is 6.54 Å². The van der Waals surface area contributed by atoms with Crippen LogP contribution in [0.1, 0.15) is 24.9 Å². The van der Waals surface area contributed by atoms with E-state index in [4.69, 9.17) is 0 Å². The van der Waals surface area contributed by atoms with E-state index in [0.717, 1.165) is 0 Å². The minimum absolute atomic E-state index is 0.00531. The number of hydrogen-bond acceptors (Lipinski definition) is 4. The Morgan fingerprint density at radius 2 is 2.00 bits per heavy atom. The number of carbonyl (C=O) groups excluding carboxylic acids is 2. The van der Waals surface area contributed by atoms with Crippen molar-refractivity contribution in [2.24, 2.45) is 0 Å². The van der Waals surface area contributed by atoms with Gasteiger partial charge < -0.3 is 5.32 Å². The Kier molecular flexibility index (Phi) is 4.85. The van der Waals surface area contributed by atoms with Gasteiger partial charge in [-0.15, -0.1) is 0 Å². The first-order chi connectivity index (χ1) is 12.0. The maximum absolute atomic E-state index is 13.8. The molecule has 0 spiro atoms. The van der Waals surface area contributed by atoms with E-state index in [1.54, 1.807) is 13.0 Å². The Balaban J connectivity index is 1.71. The smallest absolute Gasteiger partial charge is 0.238 e. The number of ketones is 1. The van der Waals surface area contributed by atoms with Gasteiger partial charge >= 0.3 is 0 Å². The van der Waals surface area contributed by atoms with E-state index < -0.39 is 17.7 Å². The van der Waals surface area contributed by atoms with Crippen LogP contribution in [0.5, 0.6) is 0 Å². The molecule has 0 saturated carbocycles. The summed E-state index contributed by atoms with van der Waals surface area (Å²) in [6.07, 6.45) is 1.65. The summed E-state index contributed by atoms with van der Waals surface area (Å²) in [7, 11) is 0. The molecule has 25 heavy (non-hydrogen) atoms. The van der Waals surface area contributed by atoms with Crippen LogP contribution in [-0.4, -0.2) is 29.3 Å². The second kappa shape index (κ2) is 7.06. The highest BCUT2D eigenvalue weighted by Gasteiger charge is 2.28. The lowest BCUT2D eigenvalue weighted by Gasteiger charge is -2.17. The molecule has 0 bridgehead atoms. The summed E-state index contributed by atoms with van der Waals surface area (Å²) in [5, 5.41) is 5.64. The molecular weight excluding hydrogens is 328 g/mol. The highest BCUT2D eigenvalue weighted by Crippen LogP contribution is 2.25.